The molecule has 1 aliphatic heterocycles. The summed E-state index contributed by atoms with van der Waals surface area (Å²) in [7, 11) is 0. The topological polar surface area (TPSA) is 123 Å². The first-order chi connectivity index (χ1) is 10.8. The van der Waals surface area contributed by atoms with Crippen LogP contribution in [0.1, 0.15) is 13.3 Å². The Bertz CT molecular complexity index is 698. The molecular weight excluding hydrogens is 306 g/mol. The van der Waals surface area contributed by atoms with Gasteiger partial charge in [-0.1, -0.05) is 6.92 Å². The fourth-order valence-corrected chi connectivity index (χ4v) is 2.73. The molecule has 23 heavy (non-hydrogen) atoms. The average molecular weight is 323 g/mol. The van der Waals surface area contributed by atoms with Gasteiger partial charge in [-0.25, -0.2) is 0 Å². The van der Waals surface area contributed by atoms with Crippen molar-refractivity contribution in [2.24, 2.45) is 11.8 Å². The van der Waals surface area contributed by atoms with Crippen LogP contribution in [0.25, 0.3) is 0 Å². The molecule has 2 atom stereocenters. The molecule has 0 radical (unpaired) electrons. The molecule has 2 rings (SSSR count). The minimum atomic E-state index is -0.957. The van der Waals surface area contributed by atoms with Gasteiger partial charge in [0.25, 0.3) is 11.2 Å². The maximum absolute atomic E-state index is 12.3. The monoisotopic (exact) mass is 323 g/mol. The maximum atomic E-state index is 12.3. The molecule has 9 nitrogen and oxygen atoms in total. The first-order valence-electron chi connectivity index (χ1n) is 7.13. The quantitative estimate of drug-likeness (QED) is 0.629. The largest absolute Gasteiger partial charge is 0.481 e. The summed E-state index contributed by atoms with van der Waals surface area (Å²) in [5.74, 6) is -1.98. The second-order valence-electron chi connectivity index (χ2n) is 5.79. The Morgan fingerprint density at radius 1 is 1.39 bits per heavy atom. The van der Waals surface area contributed by atoms with Crippen LogP contribution < -0.4 is 5.56 Å². The molecule has 0 spiro atoms. The van der Waals surface area contributed by atoms with Gasteiger partial charge < -0.3 is 10.0 Å². The highest BCUT2D eigenvalue weighted by Gasteiger charge is 2.31. The first kappa shape index (κ1) is 16.7. The molecule has 1 amide bonds. The number of piperidine rings is 1. The van der Waals surface area contributed by atoms with Gasteiger partial charge in [-0.3, -0.25) is 29.1 Å². The number of likely N-dealkylation sites (tertiary alicyclic amines) is 1. The zero-order chi connectivity index (χ0) is 17.1. The number of amides is 1. The van der Waals surface area contributed by atoms with E-state index in [9.17, 15) is 24.5 Å². The van der Waals surface area contributed by atoms with Crippen LogP contribution in [0.4, 0.5) is 5.69 Å². The second-order valence-corrected chi connectivity index (χ2v) is 5.79. The fraction of sp³-hybridized carbons (Fsp3) is 0.500. The van der Waals surface area contributed by atoms with Crippen LogP contribution in [0.5, 0.6) is 0 Å². The van der Waals surface area contributed by atoms with Gasteiger partial charge in [0.2, 0.25) is 5.91 Å². The van der Waals surface area contributed by atoms with Crippen LogP contribution in [-0.2, 0) is 16.1 Å². The molecule has 0 bridgehead atoms. The SMILES string of the molecule is CC1CC(C(=O)O)CN(C(=O)Cn2cc([N+](=O)[O-])ccc2=O)C1. The lowest BCUT2D eigenvalue weighted by atomic mass is 9.90. The lowest BCUT2D eigenvalue weighted by Gasteiger charge is -2.34. The van der Waals surface area contributed by atoms with Crippen LogP contribution in [0, 0.1) is 22.0 Å². The Balaban J connectivity index is 2.15. The number of rotatable bonds is 4. The normalized spacial score (nSPS) is 21.0. The molecule has 2 heterocycles. The lowest BCUT2D eigenvalue weighted by Crippen LogP contribution is -2.47. The molecule has 124 valence electrons. The summed E-state index contributed by atoms with van der Waals surface area (Å²) in [6.07, 6.45) is 1.51. The van der Waals surface area contributed by atoms with E-state index in [0.29, 0.717) is 13.0 Å². The molecule has 1 aliphatic rings. The van der Waals surface area contributed by atoms with Gasteiger partial charge in [0.1, 0.15) is 6.54 Å². The smallest absolute Gasteiger partial charge is 0.308 e. The zero-order valence-corrected chi connectivity index (χ0v) is 12.5. The maximum Gasteiger partial charge on any atom is 0.308 e. The highest BCUT2D eigenvalue weighted by Crippen LogP contribution is 2.22. The highest BCUT2D eigenvalue weighted by atomic mass is 16.6. The summed E-state index contributed by atoms with van der Waals surface area (Å²) < 4.78 is 0.968. The molecule has 0 aromatic carbocycles. The Morgan fingerprint density at radius 2 is 2.09 bits per heavy atom. The molecule has 1 fully saturated rings. The van der Waals surface area contributed by atoms with Crippen molar-refractivity contribution in [1.82, 2.24) is 9.47 Å². The predicted molar refractivity (Wildman–Crippen MR) is 78.8 cm³/mol. The average Bonchev–Trinajstić information content (AvgIpc) is 2.48. The van der Waals surface area contributed by atoms with E-state index in [0.717, 1.165) is 22.9 Å². The molecule has 0 saturated carbocycles. The van der Waals surface area contributed by atoms with E-state index in [2.05, 4.69) is 0 Å². The van der Waals surface area contributed by atoms with Crippen molar-refractivity contribution in [2.45, 2.75) is 19.9 Å². The van der Waals surface area contributed by atoms with E-state index in [4.69, 9.17) is 5.11 Å². The molecule has 1 N–H and O–H groups in total. The third-order valence-electron chi connectivity index (χ3n) is 3.85. The summed E-state index contributed by atoms with van der Waals surface area (Å²) in [6.45, 7) is 2.00. The van der Waals surface area contributed by atoms with Gasteiger partial charge in [0.05, 0.1) is 17.0 Å². The summed E-state index contributed by atoms with van der Waals surface area (Å²) in [6, 6.07) is 2.11. The molecule has 2 unspecified atom stereocenters. The summed E-state index contributed by atoms with van der Waals surface area (Å²) in [5, 5.41) is 19.9. The highest BCUT2D eigenvalue weighted by molar-refractivity contribution is 5.78. The van der Waals surface area contributed by atoms with Gasteiger partial charge in [-0.15, -0.1) is 0 Å². The third kappa shape index (κ3) is 3.93. The Morgan fingerprint density at radius 3 is 2.70 bits per heavy atom. The van der Waals surface area contributed by atoms with E-state index < -0.39 is 28.3 Å². The fourth-order valence-electron chi connectivity index (χ4n) is 2.73. The van der Waals surface area contributed by atoms with E-state index >= 15 is 0 Å². The molecule has 1 saturated heterocycles. The van der Waals surface area contributed by atoms with Gasteiger partial charge in [0, 0.05) is 25.2 Å². The van der Waals surface area contributed by atoms with Crippen molar-refractivity contribution in [3.05, 3.63) is 38.8 Å². The Kier molecular flexibility index (Phi) is 4.77. The number of pyridine rings is 1. The van der Waals surface area contributed by atoms with Crippen LogP contribution in [0.15, 0.2) is 23.1 Å². The number of carbonyl (C=O) groups is 2. The summed E-state index contributed by atoms with van der Waals surface area (Å²) >= 11 is 0. The van der Waals surface area contributed by atoms with Crippen molar-refractivity contribution in [3.8, 4) is 0 Å². The molecule has 1 aromatic heterocycles. The van der Waals surface area contributed by atoms with E-state index in [1.54, 1.807) is 0 Å². The summed E-state index contributed by atoms with van der Waals surface area (Å²) in [4.78, 5) is 46.7. The minimum absolute atomic E-state index is 0.0376. The van der Waals surface area contributed by atoms with E-state index in [1.807, 2.05) is 6.92 Å². The Labute approximate surface area is 131 Å². The van der Waals surface area contributed by atoms with Crippen molar-refractivity contribution in [1.29, 1.82) is 0 Å². The number of hydrogen-bond donors (Lipinski definition) is 1. The molecular formula is C14H17N3O6. The van der Waals surface area contributed by atoms with Gasteiger partial charge in [-0.05, 0) is 12.3 Å². The van der Waals surface area contributed by atoms with Crippen molar-refractivity contribution in [2.75, 3.05) is 13.1 Å². The zero-order valence-electron chi connectivity index (χ0n) is 12.5. The minimum Gasteiger partial charge on any atom is -0.481 e. The standard InChI is InChI=1S/C14H17N3O6/c1-9-4-10(14(20)21)6-15(5-9)13(19)8-16-7-11(17(22)23)2-3-12(16)18/h2-3,7,9-10H,4-6,8H2,1H3,(H,20,21). The number of aliphatic carboxylic acids is 1. The second kappa shape index (κ2) is 6.59. The summed E-state index contributed by atoms with van der Waals surface area (Å²) in [5.41, 5.74) is -0.809. The number of nitrogens with zero attached hydrogens (tertiary/aromatic N) is 3. The van der Waals surface area contributed by atoms with Crippen LogP contribution in [0.2, 0.25) is 0 Å². The first-order valence-corrected chi connectivity index (χ1v) is 7.13. The predicted octanol–water partition coefficient (Wildman–Crippen LogP) is 0.326. The van der Waals surface area contributed by atoms with Gasteiger partial charge >= 0.3 is 5.97 Å². The van der Waals surface area contributed by atoms with Crippen molar-refractivity contribution >= 4 is 17.6 Å². The lowest BCUT2D eigenvalue weighted by molar-refractivity contribution is -0.385. The van der Waals surface area contributed by atoms with Gasteiger partial charge in [0.15, 0.2) is 0 Å². The number of nitro groups is 1. The molecule has 0 aliphatic carbocycles. The van der Waals surface area contributed by atoms with Gasteiger partial charge in [-0.2, -0.15) is 0 Å². The van der Waals surface area contributed by atoms with Crippen molar-refractivity contribution in [3.63, 3.8) is 0 Å². The number of carboxylic acid groups (broad SMARTS) is 1. The van der Waals surface area contributed by atoms with Crippen molar-refractivity contribution < 1.29 is 19.6 Å². The Hall–Kier alpha value is -2.71. The van der Waals surface area contributed by atoms with E-state index in [-0.39, 0.29) is 24.7 Å². The van der Waals surface area contributed by atoms with Crippen LogP contribution >= 0.6 is 0 Å². The molecule has 1 aromatic rings. The third-order valence-corrected chi connectivity index (χ3v) is 3.85. The molecule has 9 heteroatoms. The number of hydrogen-bond acceptors (Lipinski definition) is 5. The van der Waals surface area contributed by atoms with Crippen LogP contribution in [-0.4, -0.2) is 44.5 Å². The van der Waals surface area contributed by atoms with E-state index in [1.165, 1.54) is 4.90 Å². The van der Waals surface area contributed by atoms with Crippen LogP contribution in [0.3, 0.4) is 0 Å². The number of aromatic nitrogens is 1. The number of carbonyl (C=O) groups excluding carboxylic acids is 1. The number of carboxylic acids is 1.